The Hall–Kier alpha value is -1.76. The van der Waals surface area contributed by atoms with Gasteiger partial charge in [0.15, 0.2) is 5.76 Å². The number of aromatic nitrogens is 1. The highest BCUT2D eigenvalue weighted by atomic mass is 35.5. The van der Waals surface area contributed by atoms with Gasteiger partial charge in [-0.3, -0.25) is 9.69 Å². The molecule has 0 radical (unpaired) electrons. The summed E-state index contributed by atoms with van der Waals surface area (Å²) in [7, 11) is 0. The number of nitrogens with two attached hydrogens (primary N) is 1. The monoisotopic (exact) mass is 400 g/mol. The minimum atomic E-state index is 0. The van der Waals surface area contributed by atoms with Crippen LogP contribution in [0.4, 0.5) is 5.69 Å². The second-order valence-corrected chi connectivity index (χ2v) is 6.29. The lowest BCUT2D eigenvalue weighted by Crippen LogP contribution is -2.48. The Morgan fingerprint density at radius 3 is 2.50 bits per heavy atom. The van der Waals surface area contributed by atoms with Crippen molar-refractivity contribution in [2.45, 2.75) is 26.3 Å². The van der Waals surface area contributed by atoms with E-state index in [0.717, 1.165) is 55.4 Å². The number of halogens is 2. The van der Waals surface area contributed by atoms with Crippen molar-refractivity contribution in [3.63, 3.8) is 0 Å². The van der Waals surface area contributed by atoms with Crippen LogP contribution in [-0.2, 0) is 17.8 Å². The van der Waals surface area contributed by atoms with Gasteiger partial charge in [0.1, 0.15) is 0 Å². The van der Waals surface area contributed by atoms with Gasteiger partial charge in [0, 0.05) is 44.4 Å². The van der Waals surface area contributed by atoms with Gasteiger partial charge in [-0.05, 0) is 25.0 Å². The minimum Gasteiger partial charge on any atom is -0.399 e. The Bertz CT molecular complexity index is 700. The van der Waals surface area contributed by atoms with Crippen LogP contribution >= 0.6 is 24.8 Å². The smallest absolute Gasteiger partial charge is 0.222 e. The van der Waals surface area contributed by atoms with Crippen LogP contribution in [0.3, 0.4) is 0 Å². The number of piperazine rings is 1. The molecule has 2 heterocycles. The molecule has 1 amide bonds. The highest BCUT2D eigenvalue weighted by Crippen LogP contribution is 2.15. The molecule has 1 fully saturated rings. The molecule has 1 saturated heterocycles. The van der Waals surface area contributed by atoms with Gasteiger partial charge in [-0.1, -0.05) is 23.4 Å². The summed E-state index contributed by atoms with van der Waals surface area (Å²) in [5.41, 5.74) is 8.64. The van der Waals surface area contributed by atoms with Crippen LogP contribution in [0.5, 0.6) is 0 Å². The third kappa shape index (κ3) is 5.90. The second-order valence-electron chi connectivity index (χ2n) is 6.29. The fourth-order valence-electron chi connectivity index (χ4n) is 3.03. The lowest BCUT2D eigenvalue weighted by Gasteiger charge is -2.34. The van der Waals surface area contributed by atoms with E-state index in [2.05, 4.69) is 10.1 Å². The topological polar surface area (TPSA) is 75.6 Å². The number of amides is 1. The maximum Gasteiger partial charge on any atom is 0.222 e. The van der Waals surface area contributed by atoms with Crippen LogP contribution in [-0.4, -0.2) is 47.0 Å². The molecule has 26 heavy (non-hydrogen) atoms. The number of nitrogens with zero attached hydrogens (tertiary/aromatic N) is 3. The number of carbonyl (C=O) groups excluding carboxylic acids is 1. The van der Waals surface area contributed by atoms with E-state index in [1.165, 1.54) is 0 Å². The summed E-state index contributed by atoms with van der Waals surface area (Å²) in [4.78, 5) is 16.6. The van der Waals surface area contributed by atoms with E-state index in [9.17, 15) is 4.79 Å². The molecule has 2 N–H and O–H groups in total. The molecular weight excluding hydrogens is 375 g/mol. The van der Waals surface area contributed by atoms with Crippen molar-refractivity contribution in [2.24, 2.45) is 0 Å². The quantitative estimate of drug-likeness (QED) is 0.780. The van der Waals surface area contributed by atoms with Crippen LogP contribution in [0.1, 0.15) is 23.4 Å². The number of anilines is 1. The Labute approximate surface area is 166 Å². The van der Waals surface area contributed by atoms with Crippen LogP contribution < -0.4 is 5.73 Å². The lowest BCUT2D eigenvalue weighted by atomic mass is 10.1. The summed E-state index contributed by atoms with van der Waals surface area (Å²) in [5.74, 6) is 1.08. The second kappa shape index (κ2) is 10.4. The van der Waals surface area contributed by atoms with Gasteiger partial charge in [-0.2, -0.15) is 0 Å². The Balaban J connectivity index is 0.00000169. The average molecular weight is 401 g/mol. The van der Waals surface area contributed by atoms with Gasteiger partial charge in [-0.25, -0.2) is 0 Å². The van der Waals surface area contributed by atoms with E-state index >= 15 is 0 Å². The third-order valence-corrected chi connectivity index (χ3v) is 4.44. The van der Waals surface area contributed by atoms with E-state index in [4.69, 9.17) is 10.3 Å². The highest BCUT2D eigenvalue weighted by Gasteiger charge is 2.21. The minimum absolute atomic E-state index is 0. The number of rotatable bonds is 5. The van der Waals surface area contributed by atoms with Gasteiger partial charge < -0.3 is 15.2 Å². The Kier molecular flexibility index (Phi) is 8.92. The van der Waals surface area contributed by atoms with Crippen LogP contribution in [0.15, 0.2) is 34.9 Å². The molecule has 1 aromatic heterocycles. The first-order chi connectivity index (χ1) is 11.6. The molecule has 0 saturated carbocycles. The van der Waals surface area contributed by atoms with Crippen LogP contribution in [0.2, 0.25) is 0 Å². The summed E-state index contributed by atoms with van der Waals surface area (Å²) < 4.78 is 5.26. The van der Waals surface area contributed by atoms with E-state index in [0.29, 0.717) is 12.8 Å². The number of hydrogen-bond donors (Lipinski definition) is 1. The maximum absolute atomic E-state index is 12.4. The average Bonchev–Trinajstić information content (AvgIpc) is 2.99. The van der Waals surface area contributed by atoms with Gasteiger partial charge in [0.05, 0.1) is 12.2 Å². The van der Waals surface area contributed by atoms with E-state index in [1.54, 1.807) is 0 Å². The van der Waals surface area contributed by atoms with Gasteiger partial charge >= 0.3 is 0 Å². The molecule has 0 bridgehead atoms. The predicted octanol–water partition coefficient (Wildman–Crippen LogP) is 2.69. The van der Waals surface area contributed by atoms with Gasteiger partial charge in [0.2, 0.25) is 5.91 Å². The first-order valence-corrected chi connectivity index (χ1v) is 8.37. The molecule has 1 aliphatic rings. The number of para-hydroxylation sites is 1. The number of aryl methyl sites for hydroxylation is 2. The number of nitrogen functional groups attached to an aromatic ring is 1. The molecule has 6 nitrogen and oxygen atoms in total. The Morgan fingerprint density at radius 2 is 1.88 bits per heavy atom. The Morgan fingerprint density at radius 1 is 1.19 bits per heavy atom. The summed E-state index contributed by atoms with van der Waals surface area (Å²) in [6, 6.07) is 9.70. The first kappa shape index (κ1) is 22.3. The largest absolute Gasteiger partial charge is 0.399 e. The van der Waals surface area contributed by atoms with E-state index < -0.39 is 0 Å². The van der Waals surface area contributed by atoms with Crippen molar-refractivity contribution in [2.75, 3.05) is 31.9 Å². The lowest BCUT2D eigenvalue weighted by molar-refractivity contribution is -0.133. The van der Waals surface area contributed by atoms with Crippen molar-refractivity contribution in [1.29, 1.82) is 0 Å². The molecule has 144 valence electrons. The zero-order chi connectivity index (χ0) is 16.9. The predicted molar refractivity (Wildman–Crippen MR) is 107 cm³/mol. The summed E-state index contributed by atoms with van der Waals surface area (Å²) in [6.07, 6.45) is 1.21. The number of carbonyl (C=O) groups is 1. The van der Waals surface area contributed by atoms with E-state index in [1.807, 2.05) is 42.2 Å². The zero-order valence-electron chi connectivity index (χ0n) is 14.9. The normalized spacial score (nSPS) is 14.4. The molecule has 0 spiro atoms. The highest BCUT2D eigenvalue weighted by molar-refractivity contribution is 5.85. The van der Waals surface area contributed by atoms with Crippen LogP contribution in [0, 0.1) is 6.92 Å². The SMILES string of the molecule is Cc1cc(CN2CCN(C(=O)CCc3ccccc3N)CC2)on1.Cl.Cl. The van der Waals surface area contributed by atoms with Crippen LogP contribution in [0.25, 0.3) is 0 Å². The molecular formula is C18H26Cl2N4O2. The number of hydrogen-bond acceptors (Lipinski definition) is 5. The fraction of sp³-hybridized carbons (Fsp3) is 0.444. The summed E-state index contributed by atoms with van der Waals surface area (Å²) in [6.45, 7) is 5.91. The van der Waals surface area contributed by atoms with Crippen molar-refractivity contribution in [3.05, 3.63) is 47.3 Å². The molecule has 0 unspecified atom stereocenters. The maximum atomic E-state index is 12.4. The molecule has 8 heteroatoms. The van der Waals surface area contributed by atoms with Crippen molar-refractivity contribution in [3.8, 4) is 0 Å². The fourth-order valence-corrected chi connectivity index (χ4v) is 3.03. The molecule has 0 atom stereocenters. The first-order valence-electron chi connectivity index (χ1n) is 8.37. The van der Waals surface area contributed by atoms with Gasteiger partial charge in [-0.15, -0.1) is 24.8 Å². The molecule has 3 rings (SSSR count). The number of benzene rings is 1. The van der Waals surface area contributed by atoms with Gasteiger partial charge in [0.25, 0.3) is 0 Å². The molecule has 1 aromatic carbocycles. The van der Waals surface area contributed by atoms with Crippen molar-refractivity contribution in [1.82, 2.24) is 15.0 Å². The molecule has 1 aliphatic heterocycles. The van der Waals surface area contributed by atoms with E-state index in [-0.39, 0.29) is 30.7 Å². The third-order valence-electron chi connectivity index (χ3n) is 4.44. The zero-order valence-corrected chi connectivity index (χ0v) is 16.5. The molecule has 2 aromatic rings. The molecule has 0 aliphatic carbocycles. The summed E-state index contributed by atoms with van der Waals surface area (Å²) in [5, 5.41) is 3.91. The van der Waals surface area contributed by atoms with Crippen molar-refractivity contribution < 1.29 is 9.32 Å². The standard InChI is InChI=1S/C18H24N4O2.2ClH/c1-14-12-16(24-20-14)13-21-8-10-22(11-9-21)18(23)7-6-15-4-2-3-5-17(15)19;;/h2-5,12H,6-11,13,19H2,1H3;2*1H. The summed E-state index contributed by atoms with van der Waals surface area (Å²) >= 11 is 0. The van der Waals surface area contributed by atoms with Crippen molar-refractivity contribution >= 4 is 36.4 Å².